The topological polar surface area (TPSA) is 43.8 Å². The Morgan fingerprint density at radius 3 is 2.62 bits per heavy atom. The first-order chi connectivity index (χ1) is 5.96. The fourth-order valence-electron chi connectivity index (χ4n) is 1.05. The van der Waals surface area contributed by atoms with Gasteiger partial charge in [0.25, 0.3) is 0 Å². The maximum atomic E-state index is 5.89. The van der Waals surface area contributed by atoms with Gasteiger partial charge in [0.15, 0.2) is 0 Å². The Morgan fingerprint density at radius 2 is 2.23 bits per heavy atom. The number of halogens is 1. The minimum absolute atomic E-state index is 0.0696. The standard InChI is InChI=1S/C9H16ClN3/c1-7-8(10)4-12-13(7)6-9(2,3)5-11/h4H,5-6,11H2,1-3H3. The lowest BCUT2D eigenvalue weighted by Gasteiger charge is -2.22. The molecule has 0 saturated heterocycles. The van der Waals surface area contributed by atoms with Gasteiger partial charge in [-0.2, -0.15) is 5.10 Å². The van der Waals surface area contributed by atoms with E-state index in [2.05, 4.69) is 18.9 Å². The van der Waals surface area contributed by atoms with Crippen molar-refractivity contribution in [3.63, 3.8) is 0 Å². The molecule has 3 nitrogen and oxygen atoms in total. The third-order valence-electron chi connectivity index (χ3n) is 2.17. The zero-order chi connectivity index (χ0) is 10.1. The van der Waals surface area contributed by atoms with Crippen LogP contribution in [0.4, 0.5) is 0 Å². The smallest absolute Gasteiger partial charge is 0.0814 e. The van der Waals surface area contributed by atoms with Gasteiger partial charge in [-0.15, -0.1) is 0 Å². The molecule has 0 aliphatic rings. The minimum Gasteiger partial charge on any atom is -0.330 e. The van der Waals surface area contributed by atoms with Crippen LogP contribution in [-0.2, 0) is 6.54 Å². The Kier molecular flexibility index (Phi) is 2.98. The van der Waals surface area contributed by atoms with Gasteiger partial charge in [0, 0.05) is 6.54 Å². The van der Waals surface area contributed by atoms with Crippen LogP contribution in [0.25, 0.3) is 0 Å². The predicted molar refractivity (Wildman–Crippen MR) is 54.8 cm³/mol. The van der Waals surface area contributed by atoms with E-state index in [1.807, 2.05) is 11.6 Å². The highest BCUT2D eigenvalue weighted by molar-refractivity contribution is 6.31. The molecule has 0 fully saturated rings. The average Bonchev–Trinajstić information content (AvgIpc) is 2.36. The van der Waals surface area contributed by atoms with E-state index in [1.165, 1.54) is 0 Å². The Labute approximate surface area is 83.9 Å². The fourth-order valence-corrected chi connectivity index (χ4v) is 1.19. The lowest BCUT2D eigenvalue weighted by atomic mass is 9.94. The van der Waals surface area contributed by atoms with Crippen LogP contribution in [-0.4, -0.2) is 16.3 Å². The minimum atomic E-state index is 0.0696. The van der Waals surface area contributed by atoms with Crippen LogP contribution in [0.5, 0.6) is 0 Å². The highest BCUT2D eigenvalue weighted by Gasteiger charge is 2.18. The molecule has 0 saturated carbocycles. The molecule has 0 aromatic carbocycles. The lowest BCUT2D eigenvalue weighted by Crippen LogP contribution is -2.29. The van der Waals surface area contributed by atoms with Crippen LogP contribution in [0, 0.1) is 12.3 Å². The summed E-state index contributed by atoms with van der Waals surface area (Å²) in [5.74, 6) is 0. The molecule has 1 aromatic rings. The number of rotatable bonds is 3. The summed E-state index contributed by atoms with van der Waals surface area (Å²) >= 11 is 5.89. The van der Waals surface area contributed by atoms with Crippen molar-refractivity contribution in [3.05, 3.63) is 16.9 Å². The SMILES string of the molecule is Cc1c(Cl)cnn1CC(C)(C)CN. The van der Waals surface area contributed by atoms with Crippen molar-refractivity contribution in [1.82, 2.24) is 9.78 Å². The van der Waals surface area contributed by atoms with E-state index < -0.39 is 0 Å². The molecule has 0 unspecified atom stereocenters. The van der Waals surface area contributed by atoms with Gasteiger partial charge in [-0.05, 0) is 18.9 Å². The van der Waals surface area contributed by atoms with Gasteiger partial charge in [-0.3, -0.25) is 4.68 Å². The molecular weight excluding hydrogens is 186 g/mol. The van der Waals surface area contributed by atoms with Gasteiger partial charge in [-0.25, -0.2) is 0 Å². The summed E-state index contributed by atoms with van der Waals surface area (Å²) in [6.45, 7) is 7.64. The van der Waals surface area contributed by atoms with Crippen molar-refractivity contribution >= 4 is 11.6 Å². The molecule has 0 aliphatic carbocycles. The van der Waals surface area contributed by atoms with Gasteiger partial charge >= 0.3 is 0 Å². The molecule has 1 heterocycles. The zero-order valence-corrected chi connectivity index (χ0v) is 9.10. The molecule has 1 rings (SSSR count). The first kappa shape index (κ1) is 10.5. The van der Waals surface area contributed by atoms with Crippen LogP contribution in [0.2, 0.25) is 5.02 Å². The molecule has 13 heavy (non-hydrogen) atoms. The van der Waals surface area contributed by atoms with Crippen LogP contribution < -0.4 is 5.73 Å². The lowest BCUT2D eigenvalue weighted by molar-refractivity contribution is 0.298. The van der Waals surface area contributed by atoms with E-state index in [0.717, 1.165) is 12.2 Å². The molecule has 1 aromatic heterocycles. The molecule has 4 heteroatoms. The highest BCUT2D eigenvalue weighted by Crippen LogP contribution is 2.20. The molecule has 0 amide bonds. The Morgan fingerprint density at radius 1 is 1.62 bits per heavy atom. The van der Waals surface area contributed by atoms with Gasteiger partial charge in [0.2, 0.25) is 0 Å². The van der Waals surface area contributed by atoms with Crippen LogP contribution in [0.3, 0.4) is 0 Å². The summed E-state index contributed by atoms with van der Waals surface area (Å²) in [5, 5.41) is 4.89. The molecule has 0 radical (unpaired) electrons. The third-order valence-corrected chi connectivity index (χ3v) is 2.54. The van der Waals surface area contributed by atoms with E-state index in [-0.39, 0.29) is 5.41 Å². The largest absolute Gasteiger partial charge is 0.330 e. The van der Waals surface area contributed by atoms with Gasteiger partial charge in [-0.1, -0.05) is 25.4 Å². The third kappa shape index (κ3) is 2.45. The second-order valence-electron chi connectivity index (χ2n) is 4.10. The van der Waals surface area contributed by atoms with Crippen LogP contribution in [0.15, 0.2) is 6.20 Å². The monoisotopic (exact) mass is 201 g/mol. The van der Waals surface area contributed by atoms with Crippen molar-refractivity contribution < 1.29 is 0 Å². The molecule has 74 valence electrons. The summed E-state index contributed by atoms with van der Waals surface area (Å²) in [4.78, 5) is 0. The predicted octanol–water partition coefficient (Wildman–Crippen LogP) is 1.83. The second kappa shape index (κ2) is 3.68. The van der Waals surface area contributed by atoms with Crippen molar-refractivity contribution in [3.8, 4) is 0 Å². The normalized spacial score (nSPS) is 12.1. The van der Waals surface area contributed by atoms with Crippen LogP contribution >= 0.6 is 11.6 Å². The summed E-state index contributed by atoms with van der Waals surface area (Å²) in [7, 11) is 0. The summed E-state index contributed by atoms with van der Waals surface area (Å²) in [5.41, 5.74) is 6.71. The zero-order valence-electron chi connectivity index (χ0n) is 8.34. The molecule has 0 atom stereocenters. The Bertz CT molecular complexity index is 291. The Hall–Kier alpha value is -0.540. The fraction of sp³-hybridized carbons (Fsp3) is 0.667. The number of nitrogens with two attached hydrogens (primary N) is 1. The quantitative estimate of drug-likeness (QED) is 0.811. The second-order valence-corrected chi connectivity index (χ2v) is 4.51. The first-order valence-electron chi connectivity index (χ1n) is 4.34. The van der Waals surface area contributed by atoms with E-state index in [1.54, 1.807) is 6.20 Å². The molecule has 0 bridgehead atoms. The average molecular weight is 202 g/mol. The molecule has 2 N–H and O–H groups in total. The van der Waals surface area contributed by atoms with Gasteiger partial charge in [0.1, 0.15) is 0 Å². The van der Waals surface area contributed by atoms with Gasteiger partial charge in [0.05, 0.1) is 16.9 Å². The molecule has 0 aliphatic heterocycles. The number of nitrogens with zero attached hydrogens (tertiary/aromatic N) is 2. The van der Waals surface area contributed by atoms with Crippen molar-refractivity contribution in [2.75, 3.05) is 6.54 Å². The number of aromatic nitrogens is 2. The van der Waals surface area contributed by atoms with E-state index in [0.29, 0.717) is 11.6 Å². The van der Waals surface area contributed by atoms with E-state index in [9.17, 15) is 0 Å². The van der Waals surface area contributed by atoms with Crippen molar-refractivity contribution in [2.24, 2.45) is 11.1 Å². The van der Waals surface area contributed by atoms with Crippen molar-refractivity contribution in [2.45, 2.75) is 27.3 Å². The first-order valence-corrected chi connectivity index (χ1v) is 4.72. The number of hydrogen-bond donors (Lipinski definition) is 1. The molecule has 0 spiro atoms. The van der Waals surface area contributed by atoms with Crippen molar-refractivity contribution in [1.29, 1.82) is 0 Å². The van der Waals surface area contributed by atoms with Gasteiger partial charge < -0.3 is 5.73 Å². The van der Waals surface area contributed by atoms with Crippen LogP contribution in [0.1, 0.15) is 19.5 Å². The summed E-state index contributed by atoms with van der Waals surface area (Å²) in [6, 6.07) is 0. The summed E-state index contributed by atoms with van der Waals surface area (Å²) < 4.78 is 1.90. The Balaban J connectivity index is 2.80. The maximum Gasteiger partial charge on any atom is 0.0814 e. The molecular formula is C9H16ClN3. The van der Waals surface area contributed by atoms with E-state index in [4.69, 9.17) is 17.3 Å². The number of hydrogen-bond acceptors (Lipinski definition) is 2. The summed E-state index contributed by atoms with van der Waals surface area (Å²) in [6.07, 6.45) is 1.67. The highest BCUT2D eigenvalue weighted by atomic mass is 35.5. The maximum absolute atomic E-state index is 5.89. The van der Waals surface area contributed by atoms with E-state index >= 15 is 0 Å².